The summed E-state index contributed by atoms with van der Waals surface area (Å²) in [5.41, 5.74) is 1.73. The maximum Gasteiger partial charge on any atom is 0.128 e. The molecule has 4 nitrogen and oxygen atoms in total. The Morgan fingerprint density at radius 2 is 2.16 bits per heavy atom. The largest absolute Gasteiger partial charge is 0.382 e. The Kier molecular flexibility index (Phi) is 4.87. The summed E-state index contributed by atoms with van der Waals surface area (Å²) in [6.45, 7) is 3.29. The maximum absolute atomic E-state index is 13.1. The summed E-state index contributed by atoms with van der Waals surface area (Å²) in [6, 6.07) is 4.64. The maximum atomic E-state index is 13.1. The number of methoxy groups -OCH3 is 1. The van der Waals surface area contributed by atoms with Gasteiger partial charge < -0.3 is 14.4 Å². The lowest BCUT2D eigenvalue weighted by molar-refractivity contribution is 0.0675. The topological polar surface area (TPSA) is 45.6 Å². The number of nitrogens with one attached hydrogen (secondary N) is 1. The minimum Gasteiger partial charge on any atom is -0.382 e. The van der Waals surface area contributed by atoms with Gasteiger partial charge in [0.25, 0.3) is 0 Å². The average Bonchev–Trinajstić information content (AvgIpc) is 2.71. The van der Waals surface area contributed by atoms with E-state index in [9.17, 15) is 4.39 Å². The van der Waals surface area contributed by atoms with Crippen molar-refractivity contribution in [3.63, 3.8) is 0 Å². The highest BCUT2D eigenvalue weighted by molar-refractivity contribution is 6.00. The zero-order valence-corrected chi connectivity index (χ0v) is 11.1. The van der Waals surface area contributed by atoms with Gasteiger partial charge in [0, 0.05) is 32.4 Å². The van der Waals surface area contributed by atoms with E-state index >= 15 is 0 Å². The number of hydrogen-bond donors (Lipinski definition) is 1. The van der Waals surface area contributed by atoms with Gasteiger partial charge in [-0.3, -0.25) is 5.41 Å². The average molecular weight is 266 g/mol. The van der Waals surface area contributed by atoms with Crippen molar-refractivity contribution in [2.45, 2.75) is 13.0 Å². The van der Waals surface area contributed by atoms with E-state index in [1.54, 1.807) is 13.2 Å². The quantitative estimate of drug-likeness (QED) is 0.768. The molecule has 1 N–H and O–H groups in total. The van der Waals surface area contributed by atoms with Crippen LogP contribution in [0.1, 0.15) is 17.5 Å². The van der Waals surface area contributed by atoms with Crippen LogP contribution in [0.15, 0.2) is 18.2 Å². The van der Waals surface area contributed by atoms with Gasteiger partial charge in [-0.1, -0.05) is 6.07 Å². The van der Waals surface area contributed by atoms with Crippen molar-refractivity contribution in [3.8, 4) is 0 Å². The lowest BCUT2D eigenvalue weighted by Crippen LogP contribution is -2.26. The highest BCUT2D eigenvalue weighted by Gasteiger charge is 2.23. The molecule has 0 saturated heterocycles. The molecular weight excluding hydrogens is 247 g/mol. The molecule has 0 amide bonds. The van der Waals surface area contributed by atoms with Crippen LogP contribution < -0.4 is 0 Å². The third kappa shape index (κ3) is 3.52. The molecule has 1 aromatic carbocycles. The van der Waals surface area contributed by atoms with Crippen LogP contribution in [0.2, 0.25) is 0 Å². The fraction of sp³-hybridized carbons (Fsp3) is 0.500. The van der Waals surface area contributed by atoms with Crippen molar-refractivity contribution in [1.29, 1.82) is 5.41 Å². The van der Waals surface area contributed by atoms with Gasteiger partial charge in [-0.05, 0) is 24.1 Å². The fourth-order valence-corrected chi connectivity index (χ4v) is 2.15. The lowest BCUT2D eigenvalue weighted by atomic mass is 10.1. The molecule has 1 aromatic rings. The number of amidine groups is 1. The second-order valence-corrected chi connectivity index (χ2v) is 4.53. The van der Waals surface area contributed by atoms with E-state index in [1.807, 2.05) is 4.90 Å². The molecular formula is C14H19FN2O2. The molecule has 0 aliphatic carbocycles. The zero-order chi connectivity index (χ0) is 13.7. The Morgan fingerprint density at radius 1 is 1.32 bits per heavy atom. The standard InChI is InChI=1S/C14H19FN2O2/c1-18-7-8-19-6-2-5-17-10-11-3-4-12(15)9-13(11)14(17)16/h3-4,9,16H,2,5-8,10H2,1H3. The van der Waals surface area contributed by atoms with E-state index in [0.29, 0.717) is 37.8 Å². The Morgan fingerprint density at radius 3 is 2.95 bits per heavy atom. The summed E-state index contributed by atoms with van der Waals surface area (Å²) >= 11 is 0. The minimum atomic E-state index is -0.284. The van der Waals surface area contributed by atoms with E-state index in [2.05, 4.69) is 0 Å². The molecule has 0 unspecified atom stereocenters. The molecule has 5 heteroatoms. The summed E-state index contributed by atoms with van der Waals surface area (Å²) < 4.78 is 23.4. The molecule has 1 aliphatic heterocycles. The van der Waals surface area contributed by atoms with Gasteiger partial charge >= 0.3 is 0 Å². The molecule has 1 aliphatic rings. The fourth-order valence-electron chi connectivity index (χ4n) is 2.15. The number of rotatable bonds is 7. The first kappa shape index (κ1) is 14.0. The van der Waals surface area contributed by atoms with Gasteiger partial charge in [-0.25, -0.2) is 4.39 Å². The second-order valence-electron chi connectivity index (χ2n) is 4.53. The van der Waals surface area contributed by atoms with E-state index < -0.39 is 0 Å². The Bertz CT molecular complexity index is 451. The molecule has 0 aromatic heterocycles. The Hall–Kier alpha value is -1.46. The Balaban J connectivity index is 1.77. The van der Waals surface area contributed by atoms with Crippen LogP contribution in [0.5, 0.6) is 0 Å². The molecule has 0 fully saturated rings. The molecule has 2 rings (SSSR count). The number of nitrogens with zero attached hydrogens (tertiary/aromatic N) is 1. The predicted octanol–water partition coefficient (Wildman–Crippen LogP) is 2.02. The summed E-state index contributed by atoms with van der Waals surface area (Å²) in [5.74, 6) is 0.125. The predicted molar refractivity (Wildman–Crippen MR) is 71.0 cm³/mol. The van der Waals surface area contributed by atoms with E-state index in [-0.39, 0.29) is 5.82 Å². The highest BCUT2D eigenvalue weighted by atomic mass is 19.1. The van der Waals surface area contributed by atoms with E-state index in [4.69, 9.17) is 14.9 Å². The summed E-state index contributed by atoms with van der Waals surface area (Å²) in [6.07, 6.45) is 0.850. The van der Waals surface area contributed by atoms with E-state index in [0.717, 1.165) is 18.5 Å². The first-order valence-electron chi connectivity index (χ1n) is 6.41. The molecule has 19 heavy (non-hydrogen) atoms. The van der Waals surface area contributed by atoms with Gasteiger partial charge in [0.05, 0.1) is 13.2 Å². The highest BCUT2D eigenvalue weighted by Crippen LogP contribution is 2.23. The van der Waals surface area contributed by atoms with Crippen molar-refractivity contribution in [1.82, 2.24) is 4.90 Å². The van der Waals surface area contributed by atoms with Crippen molar-refractivity contribution in [2.24, 2.45) is 0 Å². The van der Waals surface area contributed by atoms with Crippen molar-refractivity contribution in [3.05, 3.63) is 35.1 Å². The van der Waals surface area contributed by atoms with Crippen LogP contribution in [0, 0.1) is 11.2 Å². The third-order valence-corrected chi connectivity index (χ3v) is 3.15. The number of fused-ring (bicyclic) bond motifs is 1. The zero-order valence-electron chi connectivity index (χ0n) is 11.1. The molecule has 0 atom stereocenters. The number of halogens is 1. The van der Waals surface area contributed by atoms with Crippen LogP contribution in [0.4, 0.5) is 4.39 Å². The van der Waals surface area contributed by atoms with Crippen LogP contribution in [-0.2, 0) is 16.0 Å². The van der Waals surface area contributed by atoms with Crippen LogP contribution >= 0.6 is 0 Å². The minimum absolute atomic E-state index is 0.284. The monoisotopic (exact) mass is 266 g/mol. The summed E-state index contributed by atoms with van der Waals surface area (Å²) in [5, 5.41) is 8.03. The second kappa shape index (κ2) is 6.63. The van der Waals surface area contributed by atoms with Crippen molar-refractivity contribution < 1.29 is 13.9 Å². The molecule has 0 saturated carbocycles. The van der Waals surface area contributed by atoms with Crippen molar-refractivity contribution >= 4 is 5.84 Å². The summed E-state index contributed by atoms with van der Waals surface area (Å²) in [4.78, 5) is 1.95. The lowest BCUT2D eigenvalue weighted by Gasteiger charge is -2.17. The normalized spacial score (nSPS) is 14.0. The number of hydrogen-bond acceptors (Lipinski definition) is 3. The van der Waals surface area contributed by atoms with Gasteiger partial charge in [-0.15, -0.1) is 0 Å². The number of benzene rings is 1. The summed E-state index contributed by atoms with van der Waals surface area (Å²) in [7, 11) is 1.64. The van der Waals surface area contributed by atoms with Crippen LogP contribution in [-0.4, -0.2) is 44.2 Å². The molecule has 104 valence electrons. The first-order chi connectivity index (χ1) is 9.22. The molecule has 0 radical (unpaired) electrons. The van der Waals surface area contributed by atoms with Crippen molar-refractivity contribution in [2.75, 3.05) is 33.5 Å². The van der Waals surface area contributed by atoms with Gasteiger partial charge in [0.15, 0.2) is 0 Å². The van der Waals surface area contributed by atoms with Crippen LogP contribution in [0.25, 0.3) is 0 Å². The third-order valence-electron chi connectivity index (χ3n) is 3.15. The molecule has 1 heterocycles. The van der Waals surface area contributed by atoms with E-state index in [1.165, 1.54) is 12.1 Å². The Labute approximate surface area is 112 Å². The first-order valence-corrected chi connectivity index (χ1v) is 6.41. The van der Waals surface area contributed by atoms with Crippen LogP contribution in [0.3, 0.4) is 0 Å². The van der Waals surface area contributed by atoms with Gasteiger partial charge in [0.2, 0.25) is 0 Å². The van der Waals surface area contributed by atoms with Gasteiger partial charge in [-0.2, -0.15) is 0 Å². The SMILES string of the molecule is COCCOCCCN1Cc2ccc(F)cc2C1=N. The smallest absolute Gasteiger partial charge is 0.128 e. The van der Waals surface area contributed by atoms with Gasteiger partial charge in [0.1, 0.15) is 11.7 Å². The molecule has 0 spiro atoms. The number of ether oxygens (including phenoxy) is 2. The molecule has 0 bridgehead atoms.